The van der Waals surface area contributed by atoms with E-state index in [4.69, 9.17) is 21.4 Å². The number of nitrogens with zero attached hydrogens (tertiary/aromatic N) is 3. The number of carboxylic acid groups (broad SMARTS) is 1. The standard InChI is InChI=1S/C18H20ClN3O3/c19-14-4-1-2-6-16(14)25-13-12-21-8-10-22(11-9-21)17-7-3-5-15(20-17)18(23)24/h1-7H,8-13H2,(H,23,24). The van der Waals surface area contributed by atoms with Crippen LogP contribution in [-0.4, -0.2) is 60.3 Å². The first-order valence-corrected chi connectivity index (χ1v) is 8.56. The number of pyridine rings is 1. The molecule has 3 rings (SSSR count). The van der Waals surface area contributed by atoms with Crippen LogP contribution in [0.1, 0.15) is 10.5 Å². The van der Waals surface area contributed by atoms with Gasteiger partial charge >= 0.3 is 5.97 Å². The maximum Gasteiger partial charge on any atom is 0.354 e. The van der Waals surface area contributed by atoms with E-state index in [0.717, 1.165) is 32.7 Å². The Hall–Kier alpha value is -2.31. The van der Waals surface area contributed by atoms with Crippen molar-refractivity contribution < 1.29 is 14.6 Å². The fraction of sp³-hybridized carbons (Fsp3) is 0.333. The highest BCUT2D eigenvalue weighted by Gasteiger charge is 2.19. The second-order valence-corrected chi connectivity index (χ2v) is 6.20. The first-order valence-electron chi connectivity index (χ1n) is 8.18. The summed E-state index contributed by atoms with van der Waals surface area (Å²) < 4.78 is 5.73. The molecule has 6 nitrogen and oxygen atoms in total. The Morgan fingerprint density at radius 2 is 1.88 bits per heavy atom. The molecule has 1 aromatic carbocycles. The van der Waals surface area contributed by atoms with Crippen molar-refractivity contribution in [3.05, 3.63) is 53.2 Å². The van der Waals surface area contributed by atoms with Crippen molar-refractivity contribution in [3.8, 4) is 5.75 Å². The first kappa shape index (κ1) is 17.5. The number of anilines is 1. The molecule has 0 saturated carbocycles. The number of rotatable bonds is 6. The van der Waals surface area contributed by atoms with Gasteiger partial charge in [0, 0.05) is 32.7 Å². The van der Waals surface area contributed by atoms with Gasteiger partial charge in [0.15, 0.2) is 5.69 Å². The zero-order chi connectivity index (χ0) is 17.6. The van der Waals surface area contributed by atoms with E-state index in [1.807, 2.05) is 30.3 Å². The van der Waals surface area contributed by atoms with Crippen molar-refractivity contribution in [2.24, 2.45) is 0 Å². The molecule has 0 radical (unpaired) electrons. The number of para-hydroxylation sites is 1. The molecule has 132 valence electrons. The highest BCUT2D eigenvalue weighted by atomic mass is 35.5. The number of hydrogen-bond donors (Lipinski definition) is 1. The van der Waals surface area contributed by atoms with Gasteiger partial charge in [-0.2, -0.15) is 0 Å². The van der Waals surface area contributed by atoms with Crippen molar-refractivity contribution in [1.29, 1.82) is 0 Å². The minimum Gasteiger partial charge on any atom is -0.491 e. The van der Waals surface area contributed by atoms with Crippen LogP contribution in [-0.2, 0) is 0 Å². The van der Waals surface area contributed by atoms with Crippen LogP contribution in [0.15, 0.2) is 42.5 Å². The maximum absolute atomic E-state index is 11.0. The molecule has 0 atom stereocenters. The van der Waals surface area contributed by atoms with Crippen molar-refractivity contribution >= 4 is 23.4 Å². The quantitative estimate of drug-likeness (QED) is 0.853. The van der Waals surface area contributed by atoms with Crippen molar-refractivity contribution in [2.45, 2.75) is 0 Å². The Kier molecular flexibility index (Phi) is 5.73. The molecule has 1 aliphatic heterocycles. The average Bonchev–Trinajstić information content (AvgIpc) is 2.64. The third kappa shape index (κ3) is 4.61. The predicted molar refractivity (Wildman–Crippen MR) is 96.8 cm³/mol. The number of carbonyl (C=O) groups is 1. The van der Waals surface area contributed by atoms with E-state index in [9.17, 15) is 4.79 Å². The fourth-order valence-corrected chi connectivity index (χ4v) is 2.96. The van der Waals surface area contributed by atoms with Gasteiger partial charge in [-0.15, -0.1) is 0 Å². The third-order valence-electron chi connectivity index (χ3n) is 4.15. The summed E-state index contributed by atoms with van der Waals surface area (Å²) in [5, 5.41) is 9.67. The monoisotopic (exact) mass is 361 g/mol. The number of piperazine rings is 1. The van der Waals surface area contributed by atoms with E-state index in [1.165, 1.54) is 6.07 Å². The Morgan fingerprint density at radius 1 is 1.12 bits per heavy atom. The van der Waals surface area contributed by atoms with Gasteiger partial charge in [-0.3, -0.25) is 4.90 Å². The van der Waals surface area contributed by atoms with Gasteiger partial charge in [0.1, 0.15) is 18.2 Å². The van der Waals surface area contributed by atoms with Crippen LogP contribution < -0.4 is 9.64 Å². The van der Waals surface area contributed by atoms with E-state index in [1.54, 1.807) is 6.07 Å². The van der Waals surface area contributed by atoms with Gasteiger partial charge in [-0.05, 0) is 24.3 Å². The molecule has 1 saturated heterocycles. The molecule has 1 aliphatic rings. The van der Waals surface area contributed by atoms with Gasteiger partial charge in [-0.1, -0.05) is 29.8 Å². The summed E-state index contributed by atoms with van der Waals surface area (Å²) in [6.45, 7) is 4.78. The van der Waals surface area contributed by atoms with Crippen LogP contribution in [0, 0.1) is 0 Å². The SMILES string of the molecule is O=C(O)c1cccc(N2CCN(CCOc3ccccc3Cl)CC2)n1. The molecule has 1 fully saturated rings. The molecule has 0 bridgehead atoms. The number of carboxylic acids is 1. The smallest absolute Gasteiger partial charge is 0.354 e. The molecule has 7 heteroatoms. The normalized spacial score (nSPS) is 15.2. The van der Waals surface area contributed by atoms with Gasteiger partial charge < -0.3 is 14.7 Å². The van der Waals surface area contributed by atoms with Crippen LogP contribution in [0.4, 0.5) is 5.82 Å². The van der Waals surface area contributed by atoms with E-state index in [2.05, 4.69) is 14.8 Å². The molecule has 0 amide bonds. The van der Waals surface area contributed by atoms with Crippen LogP contribution >= 0.6 is 11.6 Å². The van der Waals surface area contributed by atoms with Gasteiger partial charge in [-0.25, -0.2) is 9.78 Å². The second kappa shape index (κ2) is 8.18. The third-order valence-corrected chi connectivity index (χ3v) is 4.46. The molecule has 1 aromatic heterocycles. The van der Waals surface area contributed by atoms with Gasteiger partial charge in [0.25, 0.3) is 0 Å². The van der Waals surface area contributed by atoms with Crippen molar-refractivity contribution in [1.82, 2.24) is 9.88 Å². The minimum absolute atomic E-state index is 0.0769. The second-order valence-electron chi connectivity index (χ2n) is 5.79. The fourth-order valence-electron chi connectivity index (χ4n) is 2.77. The number of benzene rings is 1. The van der Waals surface area contributed by atoms with Crippen LogP contribution in [0.25, 0.3) is 0 Å². The largest absolute Gasteiger partial charge is 0.491 e. The Morgan fingerprint density at radius 3 is 2.60 bits per heavy atom. The number of halogens is 1. The number of aromatic carboxylic acids is 1. The summed E-state index contributed by atoms with van der Waals surface area (Å²) in [4.78, 5) is 19.7. The van der Waals surface area contributed by atoms with Crippen LogP contribution in [0.2, 0.25) is 5.02 Å². The molecule has 0 spiro atoms. The Labute approximate surface area is 151 Å². The highest BCUT2D eigenvalue weighted by molar-refractivity contribution is 6.32. The number of aromatic nitrogens is 1. The highest BCUT2D eigenvalue weighted by Crippen LogP contribution is 2.23. The molecule has 0 aliphatic carbocycles. The van der Waals surface area contributed by atoms with Crippen molar-refractivity contribution in [2.75, 3.05) is 44.2 Å². The van der Waals surface area contributed by atoms with Gasteiger partial charge in [0.2, 0.25) is 0 Å². The summed E-state index contributed by atoms with van der Waals surface area (Å²) in [7, 11) is 0. The molecular weight excluding hydrogens is 342 g/mol. The lowest BCUT2D eigenvalue weighted by Gasteiger charge is -2.35. The predicted octanol–water partition coefficient (Wildman–Crippen LogP) is 2.63. The number of ether oxygens (including phenoxy) is 1. The van der Waals surface area contributed by atoms with Gasteiger partial charge in [0.05, 0.1) is 5.02 Å². The molecule has 25 heavy (non-hydrogen) atoms. The zero-order valence-corrected chi connectivity index (χ0v) is 14.5. The topological polar surface area (TPSA) is 65.9 Å². The summed E-state index contributed by atoms with van der Waals surface area (Å²) in [6, 6.07) is 12.5. The molecule has 2 aromatic rings. The average molecular weight is 362 g/mol. The summed E-state index contributed by atoms with van der Waals surface area (Å²) in [5.74, 6) is 0.418. The van der Waals surface area contributed by atoms with Crippen molar-refractivity contribution in [3.63, 3.8) is 0 Å². The summed E-state index contributed by atoms with van der Waals surface area (Å²) in [5.41, 5.74) is 0.0769. The van der Waals surface area contributed by atoms with Crippen LogP contribution in [0.3, 0.4) is 0 Å². The molecule has 1 N–H and O–H groups in total. The van der Waals surface area contributed by atoms with Crippen LogP contribution in [0.5, 0.6) is 5.75 Å². The first-order chi connectivity index (χ1) is 12.1. The maximum atomic E-state index is 11.0. The molecule has 0 unspecified atom stereocenters. The molecule has 2 heterocycles. The summed E-state index contributed by atoms with van der Waals surface area (Å²) >= 11 is 6.07. The Balaban J connectivity index is 1.46. The lowest BCUT2D eigenvalue weighted by Crippen LogP contribution is -2.47. The lowest BCUT2D eigenvalue weighted by atomic mass is 10.3. The molecular formula is C18H20ClN3O3. The summed E-state index contributed by atoms with van der Waals surface area (Å²) in [6.07, 6.45) is 0. The van der Waals surface area contributed by atoms with E-state index >= 15 is 0 Å². The van der Waals surface area contributed by atoms with E-state index < -0.39 is 5.97 Å². The van der Waals surface area contributed by atoms with E-state index in [-0.39, 0.29) is 5.69 Å². The zero-order valence-electron chi connectivity index (χ0n) is 13.8. The lowest BCUT2D eigenvalue weighted by molar-refractivity contribution is 0.0690. The Bertz CT molecular complexity index is 733. The van der Waals surface area contributed by atoms with E-state index in [0.29, 0.717) is 23.2 Å². The number of hydrogen-bond acceptors (Lipinski definition) is 5. The minimum atomic E-state index is -1.00.